The largest absolute Gasteiger partial charge is 0.316 e. The smallest absolute Gasteiger partial charge is 0.101 e. The molecule has 22 heavy (non-hydrogen) atoms. The third-order valence-electron chi connectivity index (χ3n) is 1.74. The first-order valence-electron chi connectivity index (χ1n) is 6.93. The fourth-order valence-corrected chi connectivity index (χ4v) is 0.984. The quantitative estimate of drug-likeness (QED) is 0.916. The van der Waals surface area contributed by atoms with E-state index >= 15 is 0 Å². The van der Waals surface area contributed by atoms with Crippen molar-refractivity contribution in [3.05, 3.63) is 48.0 Å². The van der Waals surface area contributed by atoms with Crippen LogP contribution in [0.25, 0.3) is 0 Å². The van der Waals surface area contributed by atoms with Gasteiger partial charge in [0.05, 0.1) is 24.2 Å². The SMILES string of the molecule is C.CC.CC.CNCc1ccnnc1.N#Cc1ccnnc1. The summed E-state index contributed by atoms with van der Waals surface area (Å²) in [7, 11) is 1.90. The lowest BCUT2D eigenvalue weighted by atomic mass is 10.3. The summed E-state index contributed by atoms with van der Waals surface area (Å²) in [4.78, 5) is 0. The number of rotatable bonds is 2. The molecule has 0 spiro atoms. The molecule has 0 aliphatic carbocycles. The molecule has 0 amide bonds. The minimum Gasteiger partial charge on any atom is -0.316 e. The van der Waals surface area contributed by atoms with Gasteiger partial charge in [0.1, 0.15) is 6.07 Å². The van der Waals surface area contributed by atoms with Crippen LogP contribution in [0.1, 0.15) is 46.2 Å². The maximum atomic E-state index is 8.22. The molecule has 0 aromatic carbocycles. The van der Waals surface area contributed by atoms with E-state index in [1.165, 1.54) is 12.4 Å². The summed E-state index contributed by atoms with van der Waals surface area (Å²) in [5.41, 5.74) is 1.70. The summed E-state index contributed by atoms with van der Waals surface area (Å²) in [5, 5.41) is 25.6. The van der Waals surface area contributed by atoms with Gasteiger partial charge in [-0.25, -0.2) is 0 Å². The summed E-state index contributed by atoms with van der Waals surface area (Å²) < 4.78 is 0. The Kier molecular flexibility index (Phi) is 23.4. The molecule has 0 bridgehead atoms. The summed E-state index contributed by atoms with van der Waals surface area (Å²) in [6.45, 7) is 8.86. The maximum absolute atomic E-state index is 8.22. The van der Waals surface area contributed by atoms with Crippen molar-refractivity contribution in [2.24, 2.45) is 0 Å². The highest BCUT2D eigenvalue weighted by Crippen LogP contribution is 1.90. The molecule has 0 fully saturated rings. The van der Waals surface area contributed by atoms with Gasteiger partial charge in [-0.3, -0.25) is 0 Å². The van der Waals surface area contributed by atoms with Crippen LogP contribution >= 0.6 is 0 Å². The third-order valence-corrected chi connectivity index (χ3v) is 1.74. The number of nitrogens with zero attached hydrogens (tertiary/aromatic N) is 5. The summed E-state index contributed by atoms with van der Waals surface area (Å²) in [6.07, 6.45) is 6.34. The minimum atomic E-state index is 0. The van der Waals surface area contributed by atoms with Crippen molar-refractivity contribution in [2.75, 3.05) is 7.05 Å². The number of nitrogens with one attached hydrogen (secondary N) is 1. The van der Waals surface area contributed by atoms with Gasteiger partial charge >= 0.3 is 0 Å². The van der Waals surface area contributed by atoms with Crippen molar-refractivity contribution >= 4 is 0 Å². The van der Waals surface area contributed by atoms with Gasteiger partial charge in [-0.05, 0) is 24.7 Å². The van der Waals surface area contributed by atoms with E-state index in [0.29, 0.717) is 5.56 Å². The zero-order valence-electron chi connectivity index (χ0n) is 13.4. The number of aromatic nitrogens is 4. The van der Waals surface area contributed by atoms with Gasteiger partial charge in [0.15, 0.2) is 0 Å². The molecule has 0 atom stereocenters. The lowest BCUT2D eigenvalue weighted by Gasteiger charge is -1.94. The van der Waals surface area contributed by atoms with E-state index in [0.717, 1.165) is 12.1 Å². The molecule has 1 N–H and O–H groups in total. The minimum absolute atomic E-state index is 0. The highest BCUT2D eigenvalue weighted by Gasteiger charge is 1.85. The van der Waals surface area contributed by atoms with Crippen molar-refractivity contribution in [2.45, 2.75) is 41.7 Å². The topological polar surface area (TPSA) is 87.4 Å². The van der Waals surface area contributed by atoms with E-state index < -0.39 is 0 Å². The molecule has 6 heteroatoms. The molecule has 2 heterocycles. The van der Waals surface area contributed by atoms with Crippen LogP contribution in [0.5, 0.6) is 0 Å². The molecule has 0 aliphatic rings. The lowest BCUT2D eigenvalue weighted by Crippen LogP contribution is -2.05. The number of hydrogen-bond donors (Lipinski definition) is 1. The molecule has 0 radical (unpaired) electrons. The van der Waals surface area contributed by atoms with E-state index in [9.17, 15) is 0 Å². The number of hydrogen-bond acceptors (Lipinski definition) is 6. The monoisotopic (exact) mass is 304 g/mol. The predicted molar refractivity (Wildman–Crippen MR) is 91.0 cm³/mol. The molecule has 6 nitrogen and oxygen atoms in total. The zero-order valence-corrected chi connectivity index (χ0v) is 13.4. The van der Waals surface area contributed by atoms with Gasteiger partial charge in [0.2, 0.25) is 0 Å². The van der Waals surface area contributed by atoms with E-state index in [2.05, 4.69) is 25.7 Å². The van der Waals surface area contributed by atoms with Gasteiger partial charge in [-0.2, -0.15) is 25.7 Å². The fourth-order valence-electron chi connectivity index (χ4n) is 0.984. The van der Waals surface area contributed by atoms with E-state index in [1.54, 1.807) is 18.5 Å². The van der Waals surface area contributed by atoms with Gasteiger partial charge in [-0.15, -0.1) is 0 Å². The Morgan fingerprint density at radius 3 is 1.82 bits per heavy atom. The summed E-state index contributed by atoms with van der Waals surface area (Å²) in [6, 6.07) is 5.46. The van der Waals surface area contributed by atoms with Crippen LogP contribution in [0, 0.1) is 11.3 Å². The zero-order chi connectivity index (χ0) is 16.3. The maximum Gasteiger partial charge on any atom is 0.101 e. The van der Waals surface area contributed by atoms with Crippen LogP contribution in [0.2, 0.25) is 0 Å². The average Bonchev–Trinajstić information content (AvgIpc) is 2.61. The van der Waals surface area contributed by atoms with Gasteiger partial charge in [0.25, 0.3) is 0 Å². The van der Waals surface area contributed by atoms with Crippen LogP contribution in [0.15, 0.2) is 36.9 Å². The van der Waals surface area contributed by atoms with Gasteiger partial charge < -0.3 is 5.32 Å². The highest BCUT2D eigenvalue weighted by molar-refractivity contribution is 5.22. The molecule has 2 aromatic heterocycles. The highest BCUT2D eigenvalue weighted by atomic mass is 15.1. The van der Waals surface area contributed by atoms with Crippen molar-refractivity contribution in [1.82, 2.24) is 25.7 Å². The first-order chi connectivity index (χ1) is 10.4. The molecular weight excluding hydrogens is 276 g/mol. The summed E-state index contributed by atoms with van der Waals surface area (Å²) >= 11 is 0. The predicted octanol–water partition coefficient (Wildman–Crippen LogP) is 3.23. The Labute approximate surface area is 134 Å². The third kappa shape index (κ3) is 14.0. The van der Waals surface area contributed by atoms with Gasteiger partial charge in [0, 0.05) is 12.7 Å². The Bertz CT molecular complexity index is 453. The van der Waals surface area contributed by atoms with E-state index in [-0.39, 0.29) is 7.43 Å². The first-order valence-corrected chi connectivity index (χ1v) is 6.93. The van der Waals surface area contributed by atoms with E-state index in [4.69, 9.17) is 5.26 Å². The Morgan fingerprint density at radius 1 is 0.955 bits per heavy atom. The molecule has 0 saturated carbocycles. The molecule has 0 aliphatic heterocycles. The molecule has 122 valence electrons. The Balaban J connectivity index is -0.000000259. The first kappa shape index (κ1) is 24.6. The van der Waals surface area contributed by atoms with E-state index in [1.807, 2.05) is 46.9 Å². The lowest BCUT2D eigenvalue weighted by molar-refractivity contribution is 0.805. The second-order valence-electron chi connectivity index (χ2n) is 3.02. The van der Waals surface area contributed by atoms with Crippen LogP contribution in [-0.4, -0.2) is 27.4 Å². The molecular formula is C16H28N6. The van der Waals surface area contributed by atoms with Gasteiger partial charge in [-0.1, -0.05) is 35.1 Å². The summed E-state index contributed by atoms with van der Waals surface area (Å²) in [5.74, 6) is 0. The van der Waals surface area contributed by atoms with Crippen LogP contribution in [0.3, 0.4) is 0 Å². The molecule has 2 rings (SSSR count). The van der Waals surface area contributed by atoms with Crippen molar-refractivity contribution in [3.63, 3.8) is 0 Å². The van der Waals surface area contributed by atoms with Crippen molar-refractivity contribution < 1.29 is 0 Å². The van der Waals surface area contributed by atoms with Crippen molar-refractivity contribution in [1.29, 1.82) is 5.26 Å². The molecule has 0 saturated heterocycles. The second-order valence-corrected chi connectivity index (χ2v) is 3.02. The number of nitriles is 1. The molecule has 0 unspecified atom stereocenters. The van der Waals surface area contributed by atoms with Crippen molar-refractivity contribution in [3.8, 4) is 6.07 Å². The fraction of sp³-hybridized carbons (Fsp3) is 0.438. The van der Waals surface area contributed by atoms with Crippen LogP contribution < -0.4 is 5.32 Å². The average molecular weight is 304 g/mol. The normalized spacial score (nSPS) is 7.27. The molecule has 2 aromatic rings. The van der Waals surface area contributed by atoms with Crippen LogP contribution in [-0.2, 0) is 6.54 Å². The standard InChI is InChI=1S/C6H9N3.C5H3N3.2C2H6.CH4/c1-7-4-6-2-3-8-9-5-6;6-3-5-1-2-7-8-4-5;2*1-2;/h2-3,5,7H,4H2,1H3;1-2,4H;2*1-2H3;1H4. The van der Waals surface area contributed by atoms with Crippen LogP contribution in [0.4, 0.5) is 0 Å². The Hall–Kier alpha value is -2.39. The second kappa shape index (κ2) is 20.9. The Morgan fingerprint density at radius 2 is 1.50 bits per heavy atom.